The van der Waals surface area contributed by atoms with Crippen molar-refractivity contribution in [3.8, 4) is 6.07 Å². The van der Waals surface area contributed by atoms with E-state index in [1.54, 1.807) is 12.1 Å². The monoisotopic (exact) mass is 201 g/mol. The van der Waals surface area contributed by atoms with E-state index in [2.05, 4.69) is 6.07 Å². The first kappa shape index (κ1) is 10.2. The van der Waals surface area contributed by atoms with Gasteiger partial charge in [0, 0.05) is 0 Å². The summed E-state index contributed by atoms with van der Waals surface area (Å²) in [5.41, 5.74) is 1.29. The van der Waals surface area contributed by atoms with E-state index in [0.717, 1.165) is 5.46 Å². The first-order chi connectivity index (χ1) is 7.11. The Morgan fingerprint density at radius 1 is 1.47 bits per heavy atom. The lowest BCUT2D eigenvalue weighted by molar-refractivity contribution is 0.137. The molecule has 0 aromatic heterocycles. The predicted molar refractivity (Wildman–Crippen MR) is 57.7 cm³/mol. The van der Waals surface area contributed by atoms with Crippen molar-refractivity contribution >= 4 is 12.6 Å². The zero-order valence-electron chi connectivity index (χ0n) is 8.86. The van der Waals surface area contributed by atoms with Crippen molar-refractivity contribution in [3.63, 3.8) is 0 Å². The van der Waals surface area contributed by atoms with E-state index < -0.39 is 0 Å². The lowest BCUT2D eigenvalue weighted by atomic mass is 9.78. The second-order valence-electron chi connectivity index (χ2n) is 4.26. The molecule has 0 saturated carbocycles. The quantitative estimate of drug-likeness (QED) is 0.638. The van der Waals surface area contributed by atoms with Gasteiger partial charge < -0.3 is 9.31 Å². The van der Waals surface area contributed by atoms with E-state index in [0.29, 0.717) is 12.2 Å². The van der Waals surface area contributed by atoms with Crippen LogP contribution in [0.1, 0.15) is 19.4 Å². The fourth-order valence-electron chi connectivity index (χ4n) is 1.55. The Labute approximate surface area is 89.8 Å². The van der Waals surface area contributed by atoms with E-state index >= 15 is 0 Å². The summed E-state index contributed by atoms with van der Waals surface area (Å²) in [7, 11) is -0.340. The molecule has 1 aliphatic heterocycles. The molecule has 1 fully saturated rings. The third kappa shape index (κ3) is 2.20. The molecule has 1 saturated heterocycles. The molecule has 1 aromatic carbocycles. The third-order valence-electron chi connectivity index (χ3n) is 2.30. The molecule has 76 valence electrons. The molecular formula is C11H12BNO2. The van der Waals surface area contributed by atoms with Crippen molar-refractivity contribution in [3.05, 3.63) is 29.8 Å². The molecule has 0 spiro atoms. The molecule has 3 nitrogen and oxygen atoms in total. The summed E-state index contributed by atoms with van der Waals surface area (Å²) in [6.45, 7) is 4.55. The van der Waals surface area contributed by atoms with Crippen LogP contribution in [0.15, 0.2) is 24.3 Å². The predicted octanol–water partition coefficient (Wildman–Crippen LogP) is 1.08. The molecule has 0 unspecified atom stereocenters. The lowest BCUT2D eigenvalue weighted by Crippen LogP contribution is -2.34. The molecule has 2 rings (SSSR count). The average molecular weight is 201 g/mol. The van der Waals surface area contributed by atoms with Gasteiger partial charge in [-0.1, -0.05) is 12.1 Å². The third-order valence-corrected chi connectivity index (χ3v) is 2.30. The summed E-state index contributed by atoms with van der Waals surface area (Å²) >= 11 is 0. The van der Waals surface area contributed by atoms with Gasteiger partial charge in [0.25, 0.3) is 0 Å². The number of hydrogen-bond donors (Lipinski definition) is 0. The van der Waals surface area contributed by atoms with Gasteiger partial charge in [-0.25, -0.2) is 0 Å². The maximum atomic E-state index is 8.78. The average Bonchev–Trinajstić information content (AvgIpc) is 2.59. The van der Waals surface area contributed by atoms with Gasteiger partial charge in [-0.3, -0.25) is 0 Å². The Kier molecular flexibility index (Phi) is 2.51. The van der Waals surface area contributed by atoms with E-state index in [1.165, 1.54) is 0 Å². The highest BCUT2D eigenvalue weighted by atomic mass is 16.7. The highest BCUT2D eigenvalue weighted by Crippen LogP contribution is 2.19. The highest BCUT2D eigenvalue weighted by molar-refractivity contribution is 6.61. The molecule has 1 heterocycles. The van der Waals surface area contributed by atoms with Crippen molar-refractivity contribution in [2.24, 2.45) is 0 Å². The van der Waals surface area contributed by atoms with Gasteiger partial charge in [-0.15, -0.1) is 0 Å². The van der Waals surface area contributed by atoms with E-state index in [-0.39, 0.29) is 12.7 Å². The zero-order valence-corrected chi connectivity index (χ0v) is 8.86. The number of benzene rings is 1. The van der Waals surface area contributed by atoms with Crippen LogP contribution in [-0.2, 0) is 9.31 Å². The van der Waals surface area contributed by atoms with Crippen LogP contribution in [0.2, 0.25) is 0 Å². The minimum Gasteiger partial charge on any atom is -0.404 e. The summed E-state index contributed by atoms with van der Waals surface area (Å²) < 4.78 is 11.2. The summed E-state index contributed by atoms with van der Waals surface area (Å²) in [6, 6.07) is 9.41. The van der Waals surface area contributed by atoms with Crippen LogP contribution in [0.3, 0.4) is 0 Å². The molecule has 0 amide bonds. The van der Waals surface area contributed by atoms with E-state index in [4.69, 9.17) is 14.6 Å². The van der Waals surface area contributed by atoms with E-state index in [9.17, 15) is 0 Å². The van der Waals surface area contributed by atoms with Crippen molar-refractivity contribution < 1.29 is 9.31 Å². The minimum atomic E-state index is -0.340. The van der Waals surface area contributed by atoms with Crippen molar-refractivity contribution in [1.82, 2.24) is 0 Å². The first-order valence-electron chi connectivity index (χ1n) is 4.90. The van der Waals surface area contributed by atoms with Gasteiger partial charge in [-0.2, -0.15) is 5.26 Å². The molecule has 4 heteroatoms. The molecule has 0 N–H and O–H groups in total. The SMILES string of the molecule is CC1(C)COB(c2cccc(C#N)c2)O1. The maximum absolute atomic E-state index is 8.78. The van der Waals surface area contributed by atoms with Crippen LogP contribution >= 0.6 is 0 Å². The van der Waals surface area contributed by atoms with E-state index in [1.807, 2.05) is 26.0 Å². The molecule has 0 aliphatic carbocycles. The van der Waals surface area contributed by atoms with Crippen LogP contribution in [-0.4, -0.2) is 19.3 Å². The van der Waals surface area contributed by atoms with Gasteiger partial charge in [0.05, 0.1) is 23.8 Å². The molecule has 0 radical (unpaired) electrons. The van der Waals surface area contributed by atoms with Crippen LogP contribution < -0.4 is 5.46 Å². The van der Waals surface area contributed by atoms with Crippen LogP contribution in [0.5, 0.6) is 0 Å². The molecule has 1 aromatic rings. The highest BCUT2D eigenvalue weighted by Gasteiger charge is 2.38. The minimum absolute atomic E-state index is 0.243. The molecule has 0 bridgehead atoms. The summed E-state index contributed by atoms with van der Waals surface area (Å²) in [5, 5.41) is 8.78. The van der Waals surface area contributed by atoms with Crippen molar-refractivity contribution in [2.45, 2.75) is 19.4 Å². The fourth-order valence-corrected chi connectivity index (χ4v) is 1.55. The largest absolute Gasteiger partial charge is 0.494 e. The Hall–Kier alpha value is -1.31. The normalized spacial score (nSPS) is 18.9. The Morgan fingerprint density at radius 2 is 2.27 bits per heavy atom. The standard InChI is InChI=1S/C11H12BNO2/c1-11(2)8-14-12(15-11)10-5-3-4-9(6-10)7-13/h3-6H,8H2,1-2H3. The number of rotatable bonds is 1. The number of nitrogens with zero attached hydrogens (tertiary/aromatic N) is 1. The molecule has 1 aliphatic rings. The smallest absolute Gasteiger partial charge is 0.404 e. The van der Waals surface area contributed by atoms with Crippen molar-refractivity contribution in [2.75, 3.05) is 6.61 Å². The molecule has 15 heavy (non-hydrogen) atoms. The van der Waals surface area contributed by atoms with Gasteiger partial charge in [-0.05, 0) is 31.4 Å². The molecular weight excluding hydrogens is 189 g/mol. The lowest BCUT2D eigenvalue weighted by Gasteiger charge is -2.15. The van der Waals surface area contributed by atoms with Crippen LogP contribution in [0.25, 0.3) is 0 Å². The number of nitriles is 1. The number of hydrogen-bond acceptors (Lipinski definition) is 3. The van der Waals surface area contributed by atoms with Gasteiger partial charge in [0.1, 0.15) is 0 Å². The second-order valence-corrected chi connectivity index (χ2v) is 4.26. The first-order valence-corrected chi connectivity index (χ1v) is 4.90. The molecule has 0 atom stereocenters. The zero-order chi connectivity index (χ0) is 10.9. The topological polar surface area (TPSA) is 42.2 Å². The van der Waals surface area contributed by atoms with Crippen LogP contribution in [0.4, 0.5) is 0 Å². The fraction of sp³-hybridized carbons (Fsp3) is 0.364. The van der Waals surface area contributed by atoms with Gasteiger partial charge in [0.15, 0.2) is 0 Å². The Balaban J connectivity index is 2.21. The Morgan fingerprint density at radius 3 is 2.87 bits per heavy atom. The second kappa shape index (κ2) is 3.69. The maximum Gasteiger partial charge on any atom is 0.494 e. The summed E-state index contributed by atoms with van der Waals surface area (Å²) in [6.07, 6.45) is 0. The summed E-state index contributed by atoms with van der Waals surface area (Å²) in [4.78, 5) is 0. The van der Waals surface area contributed by atoms with Crippen LogP contribution in [0, 0.1) is 11.3 Å². The Bertz CT molecular complexity index is 411. The van der Waals surface area contributed by atoms with Crippen molar-refractivity contribution in [1.29, 1.82) is 5.26 Å². The summed E-state index contributed by atoms with van der Waals surface area (Å²) in [5.74, 6) is 0. The van der Waals surface area contributed by atoms with Gasteiger partial charge in [0.2, 0.25) is 0 Å². The van der Waals surface area contributed by atoms with Gasteiger partial charge >= 0.3 is 7.12 Å².